The highest BCUT2D eigenvalue weighted by Gasteiger charge is 2.18. The Morgan fingerprint density at radius 3 is 2.75 bits per heavy atom. The summed E-state index contributed by atoms with van der Waals surface area (Å²) in [6.45, 7) is 7.85. The Labute approximate surface area is 165 Å². The van der Waals surface area contributed by atoms with Gasteiger partial charge in [0.15, 0.2) is 0 Å². The summed E-state index contributed by atoms with van der Waals surface area (Å²) in [6.07, 6.45) is 0.991. The third-order valence-electron chi connectivity index (χ3n) is 5.53. The number of rotatable bonds is 5. The zero-order chi connectivity index (χ0) is 19.5. The Bertz CT molecular complexity index is 987. The molecular formula is C23H27N3O2. The van der Waals surface area contributed by atoms with Crippen LogP contribution >= 0.6 is 0 Å². The van der Waals surface area contributed by atoms with E-state index in [-0.39, 0.29) is 5.91 Å². The summed E-state index contributed by atoms with van der Waals surface area (Å²) >= 11 is 0. The third-order valence-corrected chi connectivity index (χ3v) is 5.53. The molecule has 4 rings (SSSR count). The molecule has 1 fully saturated rings. The third kappa shape index (κ3) is 3.62. The zero-order valence-corrected chi connectivity index (χ0v) is 16.5. The minimum Gasteiger partial charge on any atom is -0.378 e. The van der Waals surface area contributed by atoms with E-state index in [1.165, 1.54) is 16.6 Å². The first-order valence-electron chi connectivity index (χ1n) is 9.97. The number of nitrogens with zero attached hydrogens (tertiary/aromatic N) is 1. The van der Waals surface area contributed by atoms with Gasteiger partial charge >= 0.3 is 0 Å². The maximum Gasteiger partial charge on any atom is 0.253 e. The second-order valence-corrected chi connectivity index (χ2v) is 7.26. The normalized spacial score (nSPS) is 14.4. The van der Waals surface area contributed by atoms with Crippen molar-refractivity contribution in [3.05, 3.63) is 64.8 Å². The number of morpholine rings is 1. The quantitative estimate of drug-likeness (QED) is 0.711. The number of carbonyl (C=O) groups excluding carboxylic acids is 1. The van der Waals surface area contributed by atoms with Crippen molar-refractivity contribution in [2.75, 3.05) is 31.2 Å². The first kappa shape index (κ1) is 18.6. The predicted octanol–water partition coefficient (Wildman–Crippen LogP) is 3.81. The van der Waals surface area contributed by atoms with Gasteiger partial charge in [0.2, 0.25) is 0 Å². The number of hydrogen-bond donors (Lipinski definition) is 2. The predicted molar refractivity (Wildman–Crippen MR) is 113 cm³/mol. The van der Waals surface area contributed by atoms with Crippen molar-refractivity contribution in [2.45, 2.75) is 26.8 Å². The van der Waals surface area contributed by atoms with Crippen molar-refractivity contribution in [1.29, 1.82) is 0 Å². The Morgan fingerprint density at radius 1 is 1.18 bits per heavy atom. The number of hydrogen-bond acceptors (Lipinski definition) is 3. The van der Waals surface area contributed by atoms with Crippen LogP contribution < -0.4 is 10.2 Å². The summed E-state index contributed by atoms with van der Waals surface area (Å²) in [6, 6.07) is 14.2. The maximum atomic E-state index is 12.9. The molecule has 2 aromatic carbocycles. The molecule has 0 aliphatic carbocycles. The van der Waals surface area contributed by atoms with Crippen LogP contribution in [0, 0.1) is 6.92 Å². The fourth-order valence-corrected chi connectivity index (χ4v) is 3.92. The smallest absolute Gasteiger partial charge is 0.253 e. The summed E-state index contributed by atoms with van der Waals surface area (Å²) in [5.74, 6) is -0.0396. The van der Waals surface area contributed by atoms with E-state index in [0.29, 0.717) is 19.8 Å². The highest BCUT2D eigenvalue weighted by Crippen LogP contribution is 2.24. The molecular weight excluding hydrogens is 350 g/mol. The number of aromatic nitrogens is 1. The molecule has 2 heterocycles. The lowest BCUT2D eigenvalue weighted by atomic mass is 10.1. The van der Waals surface area contributed by atoms with Gasteiger partial charge < -0.3 is 19.9 Å². The summed E-state index contributed by atoms with van der Waals surface area (Å²) < 4.78 is 5.44. The van der Waals surface area contributed by atoms with Gasteiger partial charge in [-0.1, -0.05) is 25.1 Å². The lowest BCUT2D eigenvalue weighted by molar-refractivity contribution is 0.0949. The molecule has 3 aromatic rings. The molecule has 5 heteroatoms. The van der Waals surface area contributed by atoms with E-state index in [9.17, 15) is 4.79 Å². The Kier molecular flexibility index (Phi) is 5.35. The molecule has 1 aliphatic rings. The van der Waals surface area contributed by atoms with Gasteiger partial charge in [-0.3, -0.25) is 4.79 Å². The number of carbonyl (C=O) groups is 1. The molecule has 1 aliphatic heterocycles. The van der Waals surface area contributed by atoms with E-state index in [0.717, 1.165) is 41.8 Å². The number of fused-ring (bicyclic) bond motifs is 1. The molecule has 0 spiro atoms. The highest BCUT2D eigenvalue weighted by atomic mass is 16.5. The SMILES string of the molecule is CCc1[nH]c2ccc(CNC(=O)c3ccccc3N3CCOCC3)cc2c1C. The largest absolute Gasteiger partial charge is 0.378 e. The van der Waals surface area contributed by atoms with E-state index in [1.807, 2.05) is 24.3 Å². The van der Waals surface area contributed by atoms with Crippen LogP contribution in [0.4, 0.5) is 5.69 Å². The monoisotopic (exact) mass is 377 g/mol. The number of aromatic amines is 1. The molecule has 1 saturated heterocycles. The lowest BCUT2D eigenvalue weighted by Crippen LogP contribution is -2.37. The molecule has 5 nitrogen and oxygen atoms in total. The van der Waals surface area contributed by atoms with Gasteiger partial charge in [-0.05, 0) is 48.7 Å². The molecule has 28 heavy (non-hydrogen) atoms. The van der Waals surface area contributed by atoms with Gasteiger partial charge in [0.25, 0.3) is 5.91 Å². The number of ether oxygens (including phenoxy) is 1. The number of nitrogens with one attached hydrogen (secondary N) is 2. The average Bonchev–Trinajstić information content (AvgIpc) is 3.08. The van der Waals surface area contributed by atoms with Crippen LogP contribution in [0.25, 0.3) is 10.9 Å². The van der Waals surface area contributed by atoms with Gasteiger partial charge in [-0.2, -0.15) is 0 Å². The van der Waals surface area contributed by atoms with Gasteiger partial charge in [-0.25, -0.2) is 0 Å². The second kappa shape index (κ2) is 8.07. The maximum absolute atomic E-state index is 12.9. The topological polar surface area (TPSA) is 57.4 Å². The van der Waals surface area contributed by atoms with Crippen LogP contribution in [0.1, 0.15) is 34.1 Å². The molecule has 0 radical (unpaired) electrons. The number of para-hydroxylation sites is 1. The standard InChI is InChI=1S/C23H27N3O2/c1-3-20-16(2)19-14-17(8-9-21(19)25-20)15-24-23(27)18-6-4-5-7-22(18)26-10-12-28-13-11-26/h4-9,14,25H,3,10-13,15H2,1-2H3,(H,24,27). The number of amides is 1. The van der Waals surface area contributed by atoms with Crippen molar-refractivity contribution in [3.63, 3.8) is 0 Å². The van der Waals surface area contributed by atoms with Crippen molar-refractivity contribution >= 4 is 22.5 Å². The Balaban J connectivity index is 1.50. The van der Waals surface area contributed by atoms with Crippen molar-refractivity contribution in [2.24, 2.45) is 0 Å². The minimum atomic E-state index is -0.0396. The lowest BCUT2D eigenvalue weighted by Gasteiger charge is -2.30. The molecule has 1 aromatic heterocycles. The molecule has 0 unspecified atom stereocenters. The van der Waals surface area contributed by atoms with Gasteiger partial charge in [0.05, 0.1) is 18.8 Å². The van der Waals surface area contributed by atoms with Crippen LogP contribution in [-0.4, -0.2) is 37.2 Å². The number of benzene rings is 2. The van der Waals surface area contributed by atoms with E-state index in [2.05, 4.69) is 47.2 Å². The first-order valence-corrected chi connectivity index (χ1v) is 9.97. The molecule has 1 amide bonds. The Hall–Kier alpha value is -2.79. The van der Waals surface area contributed by atoms with Gasteiger partial charge in [0, 0.05) is 41.9 Å². The van der Waals surface area contributed by atoms with Crippen LogP contribution in [0.5, 0.6) is 0 Å². The van der Waals surface area contributed by atoms with Crippen LogP contribution in [0.15, 0.2) is 42.5 Å². The van der Waals surface area contributed by atoms with Gasteiger partial charge in [-0.15, -0.1) is 0 Å². The Morgan fingerprint density at radius 2 is 1.96 bits per heavy atom. The molecule has 0 atom stereocenters. The van der Waals surface area contributed by atoms with E-state index >= 15 is 0 Å². The van der Waals surface area contributed by atoms with Gasteiger partial charge in [0.1, 0.15) is 0 Å². The molecule has 0 bridgehead atoms. The summed E-state index contributed by atoms with van der Waals surface area (Å²) in [7, 11) is 0. The fraction of sp³-hybridized carbons (Fsp3) is 0.348. The molecule has 0 saturated carbocycles. The first-order chi connectivity index (χ1) is 13.7. The number of H-pyrrole nitrogens is 1. The highest BCUT2D eigenvalue weighted by molar-refractivity contribution is 5.99. The average molecular weight is 377 g/mol. The fourth-order valence-electron chi connectivity index (χ4n) is 3.92. The van der Waals surface area contributed by atoms with Crippen LogP contribution in [0.2, 0.25) is 0 Å². The number of anilines is 1. The van der Waals surface area contributed by atoms with Crippen LogP contribution in [0.3, 0.4) is 0 Å². The van der Waals surface area contributed by atoms with Crippen molar-refractivity contribution in [1.82, 2.24) is 10.3 Å². The molecule has 146 valence electrons. The van der Waals surface area contributed by atoms with Crippen molar-refractivity contribution < 1.29 is 9.53 Å². The minimum absolute atomic E-state index is 0.0396. The van der Waals surface area contributed by atoms with E-state index < -0.39 is 0 Å². The second-order valence-electron chi connectivity index (χ2n) is 7.26. The van der Waals surface area contributed by atoms with Crippen molar-refractivity contribution in [3.8, 4) is 0 Å². The van der Waals surface area contributed by atoms with E-state index in [1.54, 1.807) is 0 Å². The number of aryl methyl sites for hydroxylation is 2. The summed E-state index contributed by atoms with van der Waals surface area (Å²) in [5.41, 5.74) is 6.53. The van der Waals surface area contributed by atoms with Crippen LogP contribution in [-0.2, 0) is 17.7 Å². The summed E-state index contributed by atoms with van der Waals surface area (Å²) in [4.78, 5) is 18.6. The van der Waals surface area contributed by atoms with E-state index in [4.69, 9.17) is 4.74 Å². The molecule has 2 N–H and O–H groups in total. The zero-order valence-electron chi connectivity index (χ0n) is 16.5. The summed E-state index contributed by atoms with van der Waals surface area (Å²) in [5, 5.41) is 4.33.